The van der Waals surface area contributed by atoms with Crippen LogP contribution in [-0.4, -0.2) is 90.8 Å². The molecule has 1 saturated heterocycles. The van der Waals surface area contributed by atoms with Gasteiger partial charge < -0.3 is 30.9 Å². The largest absolute Gasteiger partial charge is 0.490 e. The molecule has 0 radical (unpaired) electrons. The molecule has 3 aromatic rings. The number of rotatable bonds is 10. The fraction of sp³-hybridized carbons (Fsp3) is 0.353. The number of carboxylic acid groups (broad SMARTS) is 2. The van der Waals surface area contributed by atoms with Gasteiger partial charge in [0.2, 0.25) is 5.91 Å². The van der Waals surface area contributed by atoms with Gasteiger partial charge in [-0.3, -0.25) is 10.2 Å². The number of carboxylic acids is 2. The normalized spacial score (nSPS) is 14.0. The van der Waals surface area contributed by atoms with E-state index in [2.05, 4.69) is 96.3 Å². The van der Waals surface area contributed by atoms with Crippen LogP contribution >= 0.6 is 7.26 Å². The molecule has 0 unspecified atom stereocenters. The van der Waals surface area contributed by atoms with Crippen molar-refractivity contribution in [3.8, 4) is 0 Å². The molecule has 1 aliphatic heterocycles. The van der Waals surface area contributed by atoms with Crippen molar-refractivity contribution in [3.05, 3.63) is 91.0 Å². The lowest BCUT2D eigenvalue weighted by molar-refractivity contribution is -0.193. The summed E-state index contributed by atoms with van der Waals surface area (Å²) in [5, 5.41) is 29.3. The van der Waals surface area contributed by atoms with Crippen molar-refractivity contribution in [2.45, 2.75) is 31.6 Å². The summed E-state index contributed by atoms with van der Waals surface area (Å²) in [6.45, 7) is 2.11. The molecule has 0 saturated carbocycles. The second-order valence-corrected chi connectivity index (χ2v) is 15.0. The highest BCUT2D eigenvalue weighted by molar-refractivity contribution is 7.95. The summed E-state index contributed by atoms with van der Waals surface area (Å²) < 4.78 is 69.0. The Kier molecular flexibility index (Phi) is 15.9. The summed E-state index contributed by atoms with van der Waals surface area (Å²) >= 11 is 0. The van der Waals surface area contributed by atoms with E-state index in [1.54, 1.807) is 11.9 Å². The summed E-state index contributed by atoms with van der Waals surface area (Å²) in [7, 11) is -0.153. The van der Waals surface area contributed by atoms with Crippen LogP contribution < -0.4 is 27.0 Å². The maximum absolute atomic E-state index is 13.5. The minimum atomic E-state index is -5.08. The summed E-state index contributed by atoms with van der Waals surface area (Å²) in [6.07, 6.45) is -7.10. The van der Waals surface area contributed by atoms with Crippen molar-refractivity contribution >= 4 is 47.0 Å². The van der Waals surface area contributed by atoms with Crippen molar-refractivity contribution in [3.63, 3.8) is 0 Å². The molecule has 0 aromatic heterocycles. The summed E-state index contributed by atoms with van der Waals surface area (Å²) in [5.74, 6) is -5.51. The van der Waals surface area contributed by atoms with Gasteiger partial charge in [0.05, 0.1) is 11.6 Å². The van der Waals surface area contributed by atoms with Crippen molar-refractivity contribution in [2.75, 3.05) is 39.5 Å². The Morgan fingerprint density at radius 1 is 0.804 bits per heavy atom. The molecule has 0 bridgehead atoms. The predicted octanol–water partition coefficient (Wildman–Crippen LogP) is 4.38. The monoisotopic (exact) mass is 745 g/mol. The van der Waals surface area contributed by atoms with Crippen LogP contribution in [0.4, 0.5) is 26.3 Å². The van der Waals surface area contributed by atoms with Crippen molar-refractivity contribution in [2.24, 2.45) is 11.1 Å². The molecule has 278 valence electrons. The van der Waals surface area contributed by atoms with E-state index in [9.17, 15) is 31.1 Å². The van der Waals surface area contributed by atoms with Gasteiger partial charge in [-0.15, -0.1) is 0 Å². The Morgan fingerprint density at radius 2 is 1.16 bits per heavy atom. The number of carbonyl (C=O) groups is 3. The zero-order valence-electron chi connectivity index (χ0n) is 27.6. The second kappa shape index (κ2) is 19.1. The number of nitrogens with two attached hydrogens (primary N) is 1. The van der Waals surface area contributed by atoms with Gasteiger partial charge in [0, 0.05) is 33.4 Å². The molecule has 1 fully saturated rings. The van der Waals surface area contributed by atoms with Crippen LogP contribution in [0.2, 0.25) is 0 Å². The molecule has 10 nitrogen and oxygen atoms in total. The van der Waals surface area contributed by atoms with Gasteiger partial charge in [-0.05, 0) is 55.7 Å². The number of hydrogen-bond donors (Lipinski definition) is 5. The Balaban J connectivity index is 0.000000543. The third-order valence-corrected chi connectivity index (χ3v) is 12.4. The van der Waals surface area contributed by atoms with Gasteiger partial charge in [0.1, 0.15) is 23.2 Å². The summed E-state index contributed by atoms with van der Waals surface area (Å²) in [6, 6.07) is 32.5. The number of nitrogens with zero attached hydrogens (tertiary/aromatic N) is 1. The fourth-order valence-electron chi connectivity index (χ4n) is 5.35. The number of alkyl halides is 6. The number of aliphatic carboxylic acids is 2. The van der Waals surface area contributed by atoms with E-state index in [1.165, 1.54) is 15.9 Å². The smallest absolute Gasteiger partial charge is 0.475 e. The van der Waals surface area contributed by atoms with Crippen molar-refractivity contribution in [1.82, 2.24) is 10.2 Å². The fourth-order valence-corrected chi connectivity index (χ4v) is 9.69. The van der Waals surface area contributed by atoms with Crippen LogP contribution in [0.1, 0.15) is 19.3 Å². The lowest BCUT2D eigenvalue weighted by Gasteiger charge is -2.38. The van der Waals surface area contributed by atoms with Crippen molar-refractivity contribution in [1.29, 1.82) is 5.41 Å². The average Bonchev–Trinajstić information content (AvgIpc) is 3.09. The van der Waals surface area contributed by atoms with Crippen LogP contribution in [0, 0.1) is 10.8 Å². The molecule has 1 heterocycles. The number of benzene rings is 3. The zero-order valence-corrected chi connectivity index (χ0v) is 28.5. The zero-order chi connectivity index (χ0) is 38.3. The molecule has 1 aliphatic rings. The van der Waals surface area contributed by atoms with Crippen LogP contribution in [0.15, 0.2) is 91.0 Å². The van der Waals surface area contributed by atoms with Gasteiger partial charge >= 0.3 is 24.3 Å². The van der Waals surface area contributed by atoms with E-state index in [1.807, 2.05) is 0 Å². The highest BCUT2D eigenvalue weighted by Crippen LogP contribution is 2.55. The lowest BCUT2D eigenvalue weighted by Crippen LogP contribution is -2.52. The average molecular weight is 746 g/mol. The molecule has 0 spiro atoms. The van der Waals surface area contributed by atoms with Crippen LogP contribution in [0.25, 0.3) is 0 Å². The third-order valence-electron chi connectivity index (χ3n) is 7.91. The lowest BCUT2D eigenvalue weighted by atomic mass is 9.78. The first-order valence-corrected chi connectivity index (χ1v) is 17.4. The number of amides is 1. The number of hydrogen-bond acceptors (Lipinski definition) is 5. The molecule has 6 N–H and O–H groups in total. The SMILES string of the molecule is CN(CC1(C(=O)NCCC[P+](c2ccccc2)(c2ccccc2)c2ccccc2)CCOCC1)C(=N)N.O=C(O)C(F)(F)F.O=C(O)C(F)(F)F. The van der Waals surface area contributed by atoms with E-state index < -0.39 is 37.0 Å². The number of ether oxygens (including phenoxy) is 1. The predicted molar refractivity (Wildman–Crippen MR) is 182 cm³/mol. The van der Waals surface area contributed by atoms with Gasteiger partial charge in [-0.1, -0.05) is 54.6 Å². The quantitative estimate of drug-likeness (QED) is 0.0671. The molecule has 0 atom stereocenters. The highest BCUT2D eigenvalue weighted by atomic mass is 31.2. The Hall–Kier alpha value is -4.69. The molecule has 51 heavy (non-hydrogen) atoms. The first kappa shape index (κ1) is 42.5. The molecule has 4 rings (SSSR count). The molecule has 3 aromatic carbocycles. The van der Waals surface area contributed by atoms with Crippen LogP contribution in [0.5, 0.6) is 0 Å². The van der Waals surface area contributed by atoms with E-state index in [0.29, 0.717) is 39.1 Å². The molecule has 17 heteroatoms. The Morgan fingerprint density at radius 3 is 1.47 bits per heavy atom. The second-order valence-electron chi connectivity index (χ2n) is 11.4. The standard InChI is InChI=1S/C30H37N4O2P.2C2HF3O2/c1-34(29(31)32)24-30(18-21-36-22-19-30)28(35)33-20-11-23-37(25-12-5-2-6-13-25,26-14-7-3-8-15-26)27-16-9-4-10-17-27;2*3-2(4,5)1(6)7/h2-10,12-17H,11,18-24H2,1H3,(H3-,31,32,33,35);2*(H,6,7)/p+1. The van der Waals surface area contributed by atoms with E-state index in [-0.39, 0.29) is 11.9 Å². The van der Waals surface area contributed by atoms with E-state index >= 15 is 0 Å². The van der Waals surface area contributed by atoms with Gasteiger partial charge in [-0.2, -0.15) is 26.3 Å². The number of nitrogens with one attached hydrogen (secondary N) is 2. The maximum atomic E-state index is 13.5. The van der Waals surface area contributed by atoms with Crippen molar-refractivity contribution < 1.29 is 55.7 Å². The molecule has 0 aliphatic carbocycles. The number of guanidine groups is 1. The first-order valence-electron chi connectivity index (χ1n) is 15.4. The summed E-state index contributed by atoms with van der Waals surface area (Å²) in [4.78, 5) is 33.0. The van der Waals surface area contributed by atoms with Crippen LogP contribution in [-0.2, 0) is 19.1 Å². The highest BCUT2D eigenvalue weighted by Gasteiger charge is 2.45. The molecule has 1 amide bonds. The molecular weight excluding hydrogens is 705 g/mol. The van der Waals surface area contributed by atoms with Gasteiger partial charge in [-0.25, -0.2) is 9.59 Å². The van der Waals surface area contributed by atoms with Crippen LogP contribution in [0.3, 0.4) is 0 Å². The topological polar surface area (TPSA) is 166 Å². The minimum absolute atomic E-state index is 0.0261. The Labute approximate surface area is 291 Å². The van der Waals surface area contributed by atoms with Gasteiger partial charge in [0.15, 0.2) is 5.96 Å². The maximum Gasteiger partial charge on any atom is 0.490 e. The first-order chi connectivity index (χ1) is 23.9. The third kappa shape index (κ3) is 12.5. The minimum Gasteiger partial charge on any atom is -0.475 e. The molecular formula is C34H40F6N4O6P+. The summed E-state index contributed by atoms with van der Waals surface area (Å²) in [5.41, 5.74) is 5.10. The van der Waals surface area contributed by atoms with Gasteiger partial charge in [0.25, 0.3) is 0 Å². The number of halogens is 6. The Bertz CT molecular complexity index is 1440. The van der Waals surface area contributed by atoms with E-state index in [4.69, 9.17) is 35.7 Å². The van der Waals surface area contributed by atoms with E-state index in [0.717, 1.165) is 12.6 Å². The number of carbonyl (C=O) groups excluding carboxylic acids is 1.